The third-order valence-corrected chi connectivity index (χ3v) is 5.02. The van der Waals surface area contributed by atoms with Gasteiger partial charge in [0.15, 0.2) is 0 Å². The lowest BCUT2D eigenvalue weighted by atomic mass is 9.71. The predicted molar refractivity (Wildman–Crippen MR) is 83.0 cm³/mol. The summed E-state index contributed by atoms with van der Waals surface area (Å²) in [5, 5.41) is 3.75. The third kappa shape index (κ3) is 4.44. The van der Waals surface area contributed by atoms with Crippen LogP contribution in [0.2, 0.25) is 0 Å². The summed E-state index contributed by atoms with van der Waals surface area (Å²) in [4.78, 5) is 0. The van der Waals surface area contributed by atoms with Crippen LogP contribution in [0.25, 0.3) is 0 Å². The topological polar surface area (TPSA) is 30.5 Å². The van der Waals surface area contributed by atoms with Crippen molar-refractivity contribution in [1.29, 1.82) is 0 Å². The van der Waals surface area contributed by atoms with Crippen molar-refractivity contribution in [2.75, 3.05) is 26.4 Å². The SMILES string of the molecule is CCCNC1C(OCC2CCOCC2)CCCC1(C)C. The molecule has 3 heteroatoms. The summed E-state index contributed by atoms with van der Waals surface area (Å²) in [5.41, 5.74) is 0.355. The maximum atomic E-state index is 6.35. The van der Waals surface area contributed by atoms with E-state index >= 15 is 0 Å². The monoisotopic (exact) mass is 283 g/mol. The highest BCUT2D eigenvalue weighted by molar-refractivity contribution is 4.94. The molecule has 1 saturated carbocycles. The summed E-state index contributed by atoms with van der Waals surface area (Å²) < 4.78 is 11.8. The van der Waals surface area contributed by atoms with Gasteiger partial charge >= 0.3 is 0 Å². The molecule has 0 bridgehead atoms. The number of hydrogen-bond donors (Lipinski definition) is 1. The first kappa shape index (κ1) is 16.3. The van der Waals surface area contributed by atoms with Crippen LogP contribution in [-0.4, -0.2) is 38.5 Å². The highest BCUT2D eigenvalue weighted by Gasteiger charge is 2.39. The smallest absolute Gasteiger partial charge is 0.0733 e. The van der Waals surface area contributed by atoms with Gasteiger partial charge in [-0.05, 0) is 50.0 Å². The molecule has 2 unspecified atom stereocenters. The molecule has 1 aliphatic carbocycles. The van der Waals surface area contributed by atoms with E-state index in [4.69, 9.17) is 9.47 Å². The van der Waals surface area contributed by atoms with Gasteiger partial charge in [-0.3, -0.25) is 0 Å². The lowest BCUT2D eigenvalue weighted by molar-refractivity contribution is -0.0628. The molecule has 2 rings (SSSR count). The van der Waals surface area contributed by atoms with Gasteiger partial charge in [0.2, 0.25) is 0 Å². The molecule has 118 valence electrons. The Morgan fingerprint density at radius 2 is 1.95 bits per heavy atom. The molecule has 0 aromatic heterocycles. The van der Waals surface area contributed by atoms with Crippen molar-refractivity contribution < 1.29 is 9.47 Å². The van der Waals surface area contributed by atoms with Crippen molar-refractivity contribution in [1.82, 2.24) is 5.32 Å². The van der Waals surface area contributed by atoms with Gasteiger partial charge in [0.05, 0.1) is 12.7 Å². The second-order valence-corrected chi connectivity index (χ2v) is 7.24. The summed E-state index contributed by atoms with van der Waals surface area (Å²) in [7, 11) is 0. The second kappa shape index (κ2) is 7.77. The van der Waals surface area contributed by atoms with Gasteiger partial charge in [-0.2, -0.15) is 0 Å². The molecule has 0 spiro atoms. The average Bonchev–Trinajstić information content (AvgIpc) is 2.44. The van der Waals surface area contributed by atoms with Crippen LogP contribution in [0, 0.1) is 11.3 Å². The fourth-order valence-electron chi connectivity index (χ4n) is 3.64. The van der Waals surface area contributed by atoms with Crippen LogP contribution >= 0.6 is 0 Å². The van der Waals surface area contributed by atoms with Crippen LogP contribution in [0.4, 0.5) is 0 Å². The van der Waals surface area contributed by atoms with E-state index in [2.05, 4.69) is 26.1 Å². The Balaban J connectivity index is 1.85. The Morgan fingerprint density at radius 3 is 2.65 bits per heavy atom. The molecule has 2 atom stereocenters. The highest BCUT2D eigenvalue weighted by atomic mass is 16.5. The van der Waals surface area contributed by atoms with Crippen molar-refractivity contribution in [2.45, 2.75) is 71.4 Å². The Morgan fingerprint density at radius 1 is 1.20 bits per heavy atom. The van der Waals surface area contributed by atoms with E-state index < -0.39 is 0 Å². The quantitative estimate of drug-likeness (QED) is 0.810. The molecule has 1 heterocycles. The van der Waals surface area contributed by atoms with Crippen molar-refractivity contribution in [3.8, 4) is 0 Å². The zero-order valence-electron chi connectivity index (χ0n) is 13.6. The number of ether oxygens (including phenoxy) is 2. The minimum Gasteiger partial charge on any atom is -0.381 e. The number of nitrogens with one attached hydrogen (secondary N) is 1. The summed E-state index contributed by atoms with van der Waals surface area (Å²) >= 11 is 0. The lowest BCUT2D eigenvalue weighted by Gasteiger charge is -2.44. The molecule has 1 aliphatic heterocycles. The van der Waals surface area contributed by atoms with Gasteiger partial charge in [-0.15, -0.1) is 0 Å². The van der Waals surface area contributed by atoms with Gasteiger partial charge < -0.3 is 14.8 Å². The van der Waals surface area contributed by atoms with Crippen molar-refractivity contribution in [3.05, 3.63) is 0 Å². The molecule has 0 radical (unpaired) electrons. The molecule has 0 aromatic rings. The van der Waals surface area contributed by atoms with Crippen LogP contribution < -0.4 is 5.32 Å². The first-order valence-corrected chi connectivity index (χ1v) is 8.56. The van der Waals surface area contributed by atoms with Crippen LogP contribution in [0.1, 0.15) is 59.3 Å². The first-order chi connectivity index (χ1) is 9.63. The number of rotatable bonds is 6. The summed E-state index contributed by atoms with van der Waals surface area (Å²) in [6, 6.07) is 0.510. The third-order valence-electron chi connectivity index (χ3n) is 5.02. The van der Waals surface area contributed by atoms with Crippen LogP contribution in [0.3, 0.4) is 0 Å². The second-order valence-electron chi connectivity index (χ2n) is 7.24. The first-order valence-electron chi connectivity index (χ1n) is 8.56. The van der Waals surface area contributed by atoms with E-state index in [1.807, 2.05) is 0 Å². The molecule has 2 fully saturated rings. The van der Waals surface area contributed by atoms with E-state index in [1.54, 1.807) is 0 Å². The zero-order valence-corrected chi connectivity index (χ0v) is 13.6. The minimum absolute atomic E-state index is 0.355. The molecule has 20 heavy (non-hydrogen) atoms. The van der Waals surface area contributed by atoms with Crippen LogP contribution in [0.15, 0.2) is 0 Å². The van der Waals surface area contributed by atoms with E-state index in [-0.39, 0.29) is 0 Å². The summed E-state index contributed by atoms with van der Waals surface area (Å²) in [6.45, 7) is 10.9. The molecular weight excluding hydrogens is 250 g/mol. The van der Waals surface area contributed by atoms with Crippen molar-refractivity contribution in [3.63, 3.8) is 0 Å². The van der Waals surface area contributed by atoms with Crippen molar-refractivity contribution in [2.24, 2.45) is 11.3 Å². The van der Waals surface area contributed by atoms with E-state index in [9.17, 15) is 0 Å². The minimum atomic E-state index is 0.355. The van der Waals surface area contributed by atoms with E-state index in [0.29, 0.717) is 23.5 Å². The molecule has 0 aromatic carbocycles. The number of hydrogen-bond acceptors (Lipinski definition) is 3. The molecule has 1 saturated heterocycles. The molecule has 2 aliphatic rings. The summed E-state index contributed by atoms with van der Waals surface area (Å²) in [6.07, 6.45) is 7.76. The highest BCUT2D eigenvalue weighted by Crippen LogP contribution is 2.37. The molecule has 0 amide bonds. The maximum absolute atomic E-state index is 6.35. The Labute approximate surface area is 124 Å². The Bertz CT molecular complexity index is 274. The summed E-state index contributed by atoms with van der Waals surface area (Å²) in [5.74, 6) is 0.709. The largest absolute Gasteiger partial charge is 0.381 e. The predicted octanol–water partition coefficient (Wildman–Crippen LogP) is 3.38. The Kier molecular flexibility index (Phi) is 6.31. The van der Waals surface area contributed by atoms with Gasteiger partial charge in [-0.25, -0.2) is 0 Å². The lowest BCUT2D eigenvalue weighted by Crippen LogP contribution is -2.54. The van der Waals surface area contributed by atoms with Crippen molar-refractivity contribution >= 4 is 0 Å². The van der Waals surface area contributed by atoms with Crippen LogP contribution in [0.5, 0.6) is 0 Å². The van der Waals surface area contributed by atoms with E-state index in [1.165, 1.54) is 38.5 Å². The van der Waals surface area contributed by atoms with Gasteiger partial charge in [0.25, 0.3) is 0 Å². The molecule has 1 N–H and O–H groups in total. The maximum Gasteiger partial charge on any atom is 0.0733 e. The fourth-order valence-corrected chi connectivity index (χ4v) is 3.64. The molecule has 3 nitrogen and oxygen atoms in total. The standard InChI is InChI=1S/C17H33NO2/c1-4-10-18-16-15(6-5-9-17(16,2)3)20-13-14-7-11-19-12-8-14/h14-16,18H,4-13H2,1-3H3. The zero-order chi connectivity index (χ0) is 14.4. The van der Waals surface area contributed by atoms with Gasteiger partial charge in [0, 0.05) is 19.3 Å². The Hall–Kier alpha value is -0.120. The fraction of sp³-hybridized carbons (Fsp3) is 1.00. The van der Waals surface area contributed by atoms with Gasteiger partial charge in [0.1, 0.15) is 0 Å². The average molecular weight is 283 g/mol. The van der Waals surface area contributed by atoms with E-state index in [0.717, 1.165) is 26.4 Å². The van der Waals surface area contributed by atoms with Crippen LogP contribution in [-0.2, 0) is 9.47 Å². The molecular formula is C17H33NO2. The normalized spacial score (nSPS) is 31.4. The van der Waals surface area contributed by atoms with Gasteiger partial charge in [-0.1, -0.05) is 27.2 Å².